The Morgan fingerprint density at radius 3 is 2.06 bits per heavy atom. The van der Waals surface area contributed by atoms with Crippen LogP contribution in [0.25, 0.3) is 0 Å². The summed E-state index contributed by atoms with van der Waals surface area (Å²) in [7, 11) is 0. The van der Waals surface area contributed by atoms with Crippen LogP contribution in [0.2, 0.25) is 0 Å². The average molecular weight is 461 g/mol. The van der Waals surface area contributed by atoms with Gasteiger partial charge in [-0.25, -0.2) is 8.78 Å². The van der Waals surface area contributed by atoms with E-state index >= 15 is 0 Å². The van der Waals surface area contributed by atoms with Crippen molar-refractivity contribution in [3.05, 3.63) is 106 Å². The molecule has 4 rings (SSSR count). The van der Waals surface area contributed by atoms with E-state index in [1.165, 1.54) is 42.4 Å². The number of hydrogen-bond acceptors (Lipinski definition) is 0. The summed E-state index contributed by atoms with van der Waals surface area (Å²) in [5, 5.41) is 0. The van der Waals surface area contributed by atoms with Crippen molar-refractivity contribution >= 4 is 0 Å². The van der Waals surface area contributed by atoms with Crippen molar-refractivity contribution in [2.24, 2.45) is 5.92 Å². The Hall–Kier alpha value is -2.48. The molecule has 1 saturated carbocycles. The van der Waals surface area contributed by atoms with Crippen molar-refractivity contribution in [2.75, 3.05) is 0 Å². The topological polar surface area (TPSA) is 0 Å². The van der Waals surface area contributed by atoms with Crippen LogP contribution in [-0.4, -0.2) is 0 Å². The molecule has 3 aromatic carbocycles. The fourth-order valence-corrected chi connectivity index (χ4v) is 5.62. The molecule has 3 aromatic rings. The molecular weight excluding hydrogens is 422 g/mol. The first kappa shape index (κ1) is 24.6. The maximum Gasteiger partial charge on any atom is 0.129 e. The SMILES string of the molecule is CCCc1c(F)cc(CCC2CCC(c3ccc(CC(C)c4ccccc4)cc3)CC2)cc1F. The Morgan fingerprint density at radius 2 is 1.44 bits per heavy atom. The van der Waals surface area contributed by atoms with Crippen LogP contribution < -0.4 is 0 Å². The first-order chi connectivity index (χ1) is 16.5. The highest BCUT2D eigenvalue weighted by atomic mass is 19.1. The van der Waals surface area contributed by atoms with Crippen molar-refractivity contribution in [3.8, 4) is 0 Å². The van der Waals surface area contributed by atoms with E-state index in [4.69, 9.17) is 0 Å². The van der Waals surface area contributed by atoms with Gasteiger partial charge in [0.15, 0.2) is 0 Å². The second-order valence-electron chi connectivity index (χ2n) is 10.3. The van der Waals surface area contributed by atoms with Gasteiger partial charge in [-0.05, 0) is 104 Å². The quantitative estimate of drug-likeness (QED) is 0.298. The van der Waals surface area contributed by atoms with E-state index in [0.717, 1.165) is 31.2 Å². The third kappa shape index (κ3) is 6.34. The van der Waals surface area contributed by atoms with Gasteiger partial charge in [0.05, 0.1) is 0 Å². The molecule has 1 fully saturated rings. The van der Waals surface area contributed by atoms with E-state index in [1.807, 2.05) is 6.92 Å². The van der Waals surface area contributed by atoms with Crippen molar-refractivity contribution in [3.63, 3.8) is 0 Å². The largest absolute Gasteiger partial charge is 0.207 e. The zero-order valence-corrected chi connectivity index (χ0v) is 20.7. The van der Waals surface area contributed by atoms with E-state index in [2.05, 4.69) is 61.5 Å². The molecular formula is C32H38F2. The van der Waals surface area contributed by atoms with Crippen LogP contribution in [0.4, 0.5) is 8.78 Å². The highest BCUT2D eigenvalue weighted by Gasteiger charge is 2.22. The van der Waals surface area contributed by atoms with Gasteiger partial charge in [0.1, 0.15) is 11.6 Å². The summed E-state index contributed by atoms with van der Waals surface area (Å²) in [6.45, 7) is 4.25. The fraction of sp³-hybridized carbons (Fsp3) is 0.438. The lowest BCUT2D eigenvalue weighted by Gasteiger charge is -2.29. The predicted molar refractivity (Wildman–Crippen MR) is 138 cm³/mol. The van der Waals surface area contributed by atoms with Crippen molar-refractivity contribution < 1.29 is 8.78 Å². The van der Waals surface area contributed by atoms with Gasteiger partial charge in [0.25, 0.3) is 0 Å². The molecule has 1 atom stereocenters. The second kappa shape index (κ2) is 11.8. The summed E-state index contributed by atoms with van der Waals surface area (Å²) in [6.07, 6.45) is 8.91. The van der Waals surface area contributed by atoms with Crippen LogP contribution in [0.3, 0.4) is 0 Å². The molecule has 0 spiro atoms. The Bertz CT molecular complexity index is 1010. The summed E-state index contributed by atoms with van der Waals surface area (Å²) in [5.41, 5.74) is 5.31. The first-order valence-corrected chi connectivity index (χ1v) is 13.1. The van der Waals surface area contributed by atoms with Gasteiger partial charge in [-0.3, -0.25) is 0 Å². The maximum atomic E-state index is 14.2. The average Bonchev–Trinajstić information content (AvgIpc) is 2.86. The number of benzene rings is 3. The number of halogens is 2. The Balaban J connectivity index is 1.25. The summed E-state index contributed by atoms with van der Waals surface area (Å²) in [4.78, 5) is 0. The lowest BCUT2D eigenvalue weighted by atomic mass is 9.76. The lowest BCUT2D eigenvalue weighted by Crippen LogP contribution is -2.14. The molecule has 1 aliphatic rings. The van der Waals surface area contributed by atoms with E-state index in [-0.39, 0.29) is 17.2 Å². The van der Waals surface area contributed by atoms with Crippen LogP contribution in [0.15, 0.2) is 66.7 Å². The van der Waals surface area contributed by atoms with E-state index in [1.54, 1.807) is 12.1 Å². The van der Waals surface area contributed by atoms with Crippen LogP contribution >= 0.6 is 0 Å². The molecule has 0 N–H and O–H groups in total. The zero-order valence-electron chi connectivity index (χ0n) is 20.7. The van der Waals surface area contributed by atoms with E-state index in [9.17, 15) is 8.78 Å². The highest BCUT2D eigenvalue weighted by molar-refractivity contribution is 5.29. The molecule has 1 aliphatic carbocycles. The monoisotopic (exact) mass is 460 g/mol. The molecule has 34 heavy (non-hydrogen) atoms. The summed E-state index contributed by atoms with van der Waals surface area (Å²) < 4.78 is 28.5. The fourth-order valence-electron chi connectivity index (χ4n) is 5.62. The molecule has 0 aliphatic heterocycles. The second-order valence-corrected chi connectivity index (χ2v) is 10.3. The molecule has 0 saturated heterocycles. The van der Waals surface area contributed by atoms with E-state index < -0.39 is 0 Å². The minimum absolute atomic E-state index is 0.243. The van der Waals surface area contributed by atoms with Crippen LogP contribution in [0, 0.1) is 17.6 Å². The molecule has 0 aromatic heterocycles. The third-order valence-electron chi connectivity index (χ3n) is 7.75. The van der Waals surface area contributed by atoms with Gasteiger partial charge >= 0.3 is 0 Å². The minimum atomic E-state index is -0.373. The molecule has 180 valence electrons. The third-order valence-corrected chi connectivity index (χ3v) is 7.75. The predicted octanol–water partition coefficient (Wildman–Crippen LogP) is 9.17. The first-order valence-electron chi connectivity index (χ1n) is 13.1. The van der Waals surface area contributed by atoms with Crippen LogP contribution in [-0.2, 0) is 19.3 Å². The smallest absolute Gasteiger partial charge is 0.129 e. The Labute approximate surface area is 204 Å². The molecule has 0 amide bonds. The summed E-state index contributed by atoms with van der Waals surface area (Å²) in [5.74, 6) is 1.07. The zero-order chi connectivity index (χ0) is 23.9. The standard InChI is InChI=1S/C32H38F2/c1-3-7-30-31(33)21-26(22-32(30)34)11-10-24-12-16-28(17-13-24)29-18-14-25(15-19-29)20-23(2)27-8-5-4-6-9-27/h4-6,8-9,14-15,18-19,21-24,28H,3,7,10-13,16-17,20H2,1-2H3. The molecule has 1 unspecified atom stereocenters. The normalized spacial score (nSPS) is 19.2. The van der Waals surface area contributed by atoms with E-state index in [0.29, 0.717) is 24.2 Å². The maximum absolute atomic E-state index is 14.2. The molecule has 2 heteroatoms. The number of hydrogen-bond donors (Lipinski definition) is 0. The number of aryl methyl sites for hydroxylation is 1. The Kier molecular flexibility index (Phi) is 8.53. The van der Waals surface area contributed by atoms with Crippen LogP contribution in [0.1, 0.15) is 92.0 Å². The van der Waals surface area contributed by atoms with Crippen LogP contribution in [0.5, 0.6) is 0 Å². The molecule has 0 bridgehead atoms. The molecule has 0 heterocycles. The van der Waals surface area contributed by atoms with Gasteiger partial charge in [-0.15, -0.1) is 0 Å². The van der Waals surface area contributed by atoms with Gasteiger partial charge in [-0.1, -0.05) is 74.9 Å². The molecule has 0 radical (unpaired) electrons. The van der Waals surface area contributed by atoms with Gasteiger partial charge in [0, 0.05) is 5.56 Å². The summed E-state index contributed by atoms with van der Waals surface area (Å²) in [6, 6.07) is 23.1. The minimum Gasteiger partial charge on any atom is -0.207 e. The van der Waals surface area contributed by atoms with Crippen molar-refractivity contribution in [1.29, 1.82) is 0 Å². The summed E-state index contributed by atoms with van der Waals surface area (Å²) >= 11 is 0. The highest BCUT2D eigenvalue weighted by Crippen LogP contribution is 2.38. The lowest BCUT2D eigenvalue weighted by molar-refractivity contribution is 0.310. The number of rotatable bonds is 9. The van der Waals surface area contributed by atoms with Crippen molar-refractivity contribution in [1.82, 2.24) is 0 Å². The van der Waals surface area contributed by atoms with Crippen molar-refractivity contribution in [2.45, 2.75) is 83.5 Å². The van der Waals surface area contributed by atoms with Gasteiger partial charge in [-0.2, -0.15) is 0 Å². The Morgan fingerprint density at radius 1 is 0.794 bits per heavy atom. The van der Waals surface area contributed by atoms with Gasteiger partial charge < -0.3 is 0 Å². The van der Waals surface area contributed by atoms with Gasteiger partial charge in [0.2, 0.25) is 0 Å². The molecule has 0 nitrogen and oxygen atoms in total.